The average Bonchev–Trinajstić information content (AvgIpc) is 3.34. The van der Waals surface area contributed by atoms with Crippen molar-refractivity contribution < 1.29 is 64.6 Å². The lowest BCUT2D eigenvalue weighted by Gasteiger charge is -2.46. The third-order valence-electron chi connectivity index (χ3n) is 12.7. The standard InChI is InChI=1S/C54H95NO13/c1-3-5-7-9-11-13-15-17-19-20-21-22-23-24-25-27-29-31-33-35-37-43(58)42(55-46(59)38-36-34-32-30-28-26-18-16-14-12-10-8-6-4-2)41-65-53-51(64)49(62)52(45(40-57)67-53)68-54-50(63)48(61)47(60)44(39-56)66-54/h10,12,16,18,22-23,27,29,35,37,42-45,47-54,56-58,60-64H,3-9,11,13-15,17,19-21,24-26,28,30-34,36,38-41H2,1-2H3,(H,55,59)/b12-10-,18-16-,23-22+,29-27+,37-35+. The molecule has 2 aliphatic heterocycles. The molecule has 0 aromatic rings. The van der Waals surface area contributed by atoms with E-state index in [1.165, 1.54) is 77.0 Å². The molecule has 0 aliphatic carbocycles. The van der Waals surface area contributed by atoms with Gasteiger partial charge in [-0.05, 0) is 70.6 Å². The second-order valence-electron chi connectivity index (χ2n) is 18.6. The molecule has 14 nitrogen and oxygen atoms in total. The molecule has 2 fully saturated rings. The topological polar surface area (TPSA) is 228 Å². The highest BCUT2D eigenvalue weighted by Crippen LogP contribution is 2.30. The Morgan fingerprint density at radius 3 is 1.57 bits per heavy atom. The zero-order valence-corrected chi connectivity index (χ0v) is 41.8. The lowest BCUT2D eigenvalue weighted by molar-refractivity contribution is -0.359. The SMILES string of the molecule is CCCC/C=C\C/C=C\CCCCCCCC(=O)NC(COC1OC(CO)C(OC2OC(CO)C(O)C(O)C2O)C(O)C1O)C(O)/C=C/CC/C=C/CC/C=C/CCCCCCCCCCCC. The van der Waals surface area contributed by atoms with Gasteiger partial charge in [0, 0.05) is 6.42 Å². The highest BCUT2D eigenvalue weighted by molar-refractivity contribution is 5.76. The molecule has 0 bridgehead atoms. The Kier molecular flexibility index (Phi) is 36.6. The molecule has 0 radical (unpaired) electrons. The molecule has 68 heavy (non-hydrogen) atoms. The summed E-state index contributed by atoms with van der Waals surface area (Å²) in [5.74, 6) is -0.271. The van der Waals surface area contributed by atoms with E-state index in [2.05, 4.69) is 67.8 Å². The summed E-state index contributed by atoms with van der Waals surface area (Å²) in [7, 11) is 0. The fraction of sp³-hybridized carbons (Fsp3) is 0.796. The molecular formula is C54H95NO13. The summed E-state index contributed by atoms with van der Waals surface area (Å²) in [5.41, 5.74) is 0. The zero-order chi connectivity index (χ0) is 49.6. The van der Waals surface area contributed by atoms with Crippen molar-refractivity contribution in [3.8, 4) is 0 Å². The van der Waals surface area contributed by atoms with E-state index in [1.54, 1.807) is 6.08 Å². The van der Waals surface area contributed by atoms with Gasteiger partial charge in [-0.3, -0.25) is 4.79 Å². The van der Waals surface area contributed by atoms with Gasteiger partial charge in [-0.2, -0.15) is 0 Å². The Morgan fingerprint density at radius 1 is 0.529 bits per heavy atom. The van der Waals surface area contributed by atoms with Crippen molar-refractivity contribution in [2.24, 2.45) is 0 Å². The van der Waals surface area contributed by atoms with Crippen molar-refractivity contribution in [1.82, 2.24) is 5.32 Å². The molecule has 2 aliphatic rings. The monoisotopic (exact) mass is 966 g/mol. The predicted molar refractivity (Wildman–Crippen MR) is 267 cm³/mol. The highest BCUT2D eigenvalue weighted by atomic mass is 16.7. The van der Waals surface area contributed by atoms with Gasteiger partial charge >= 0.3 is 0 Å². The first-order valence-corrected chi connectivity index (χ1v) is 26.5. The second-order valence-corrected chi connectivity index (χ2v) is 18.6. The van der Waals surface area contributed by atoms with Crippen LogP contribution in [0.2, 0.25) is 0 Å². The Bertz CT molecular complexity index is 1370. The first kappa shape index (κ1) is 61.8. The van der Waals surface area contributed by atoms with Gasteiger partial charge in [0.25, 0.3) is 0 Å². The molecule has 2 saturated heterocycles. The summed E-state index contributed by atoms with van der Waals surface area (Å²) in [6.45, 7) is 2.70. The number of unbranched alkanes of at least 4 members (excludes halogenated alkanes) is 19. The molecule has 12 unspecified atom stereocenters. The van der Waals surface area contributed by atoms with E-state index in [-0.39, 0.29) is 18.9 Å². The molecular weight excluding hydrogens is 871 g/mol. The normalized spacial score (nSPS) is 26.9. The van der Waals surface area contributed by atoms with E-state index >= 15 is 0 Å². The molecule has 2 rings (SSSR count). The summed E-state index contributed by atoms with van der Waals surface area (Å²) in [4.78, 5) is 13.2. The molecule has 2 heterocycles. The number of carbonyl (C=O) groups is 1. The maximum atomic E-state index is 13.2. The number of rotatable bonds is 40. The van der Waals surface area contributed by atoms with Crippen molar-refractivity contribution in [1.29, 1.82) is 0 Å². The Morgan fingerprint density at radius 2 is 1.00 bits per heavy atom. The summed E-state index contributed by atoms with van der Waals surface area (Å²) in [6.07, 6.45) is 32.6. The minimum Gasteiger partial charge on any atom is -0.394 e. The maximum absolute atomic E-state index is 13.2. The number of allylic oxidation sites excluding steroid dienone is 9. The molecule has 0 saturated carbocycles. The predicted octanol–water partition coefficient (Wildman–Crippen LogP) is 7.44. The van der Waals surface area contributed by atoms with Crippen LogP contribution >= 0.6 is 0 Å². The minimum atomic E-state index is -1.79. The summed E-state index contributed by atoms with van der Waals surface area (Å²) in [5, 5.41) is 86.8. The van der Waals surface area contributed by atoms with Crippen LogP contribution in [0.4, 0.5) is 0 Å². The quantitative estimate of drug-likeness (QED) is 0.0215. The van der Waals surface area contributed by atoms with Crippen LogP contribution in [-0.2, 0) is 23.7 Å². The van der Waals surface area contributed by atoms with Gasteiger partial charge in [-0.25, -0.2) is 0 Å². The van der Waals surface area contributed by atoms with Crippen molar-refractivity contribution in [2.75, 3.05) is 19.8 Å². The summed E-state index contributed by atoms with van der Waals surface area (Å²) < 4.78 is 22.7. The highest BCUT2D eigenvalue weighted by Gasteiger charge is 2.51. The molecule has 9 N–H and O–H groups in total. The van der Waals surface area contributed by atoms with E-state index in [1.807, 2.05) is 6.08 Å². The maximum Gasteiger partial charge on any atom is 0.220 e. The van der Waals surface area contributed by atoms with Crippen molar-refractivity contribution in [3.63, 3.8) is 0 Å². The number of nitrogens with one attached hydrogen (secondary N) is 1. The molecule has 0 spiro atoms. The largest absolute Gasteiger partial charge is 0.394 e. The van der Waals surface area contributed by atoms with E-state index in [0.29, 0.717) is 12.8 Å². The zero-order valence-electron chi connectivity index (χ0n) is 41.8. The van der Waals surface area contributed by atoms with Gasteiger partial charge in [0.1, 0.15) is 48.8 Å². The number of hydrogen-bond acceptors (Lipinski definition) is 13. The Balaban J connectivity index is 1.86. The first-order chi connectivity index (χ1) is 33.1. The Labute approximate surface area is 409 Å². The molecule has 14 heteroatoms. The van der Waals surface area contributed by atoms with Crippen LogP contribution in [-0.4, -0.2) is 140 Å². The van der Waals surface area contributed by atoms with Gasteiger partial charge in [0.15, 0.2) is 12.6 Å². The lowest BCUT2D eigenvalue weighted by atomic mass is 9.97. The van der Waals surface area contributed by atoms with Crippen LogP contribution in [0.5, 0.6) is 0 Å². The second kappa shape index (κ2) is 40.3. The summed E-state index contributed by atoms with van der Waals surface area (Å²) >= 11 is 0. The number of aliphatic hydroxyl groups excluding tert-OH is 8. The third kappa shape index (κ3) is 26.8. The van der Waals surface area contributed by atoms with Crippen molar-refractivity contribution >= 4 is 5.91 Å². The van der Waals surface area contributed by atoms with Crippen LogP contribution in [0.15, 0.2) is 60.8 Å². The average molecular weight is 966 g/mol. The molecule has 1 amide bonds. The van der Waals surface area contributed by atoms with Gasteiger partial charge in [0.2, 0.25) is 5.91 Å². The lowest BCUT2D eigenvalue weighted by Crippen LogP contribution is -2.65. The Hall–Kier alpha value is -2.31. The fourth-order valence-electron chi connectivity index (χ4n) is 8.28. The van der Waals surface area contributed by atoms with Crippen LogP contribution in [0, 0.1) is 0 Å². The smallest absolute Gasteiger partial charge is 0.220 e. The number of ether oxygens (including phenoxy) is 4. The number of aliphatic hydroxyl groups is 8. The van der Waals surface area contributed by atoms with E-state index in [9.17, 15) is 45.6 Å². The van der Waals surface area contributed by atoms with Gasteiger partial charge < -0.3 is 65.1 Å². The van der Waals surface area contributed by atoms with Crippen LogP contribution in [0.1, 0.15) is 181 Å². The van der Waals surface area contributed by atoms with Crippen molar-refractivity contribution in [2.45, 2.75) is 254 Å². The van der Waals surface area contributed by atoms with E-state index in [4.69, 9.17) is 18.9 Å². The molecule has 12 atom stereocenters. The van der Waals surface area contributed by atoms with E-state index in [0.717, 1.165) is 70.6 Å². The van der Waals surface area contributed by atoms with Crippen LogP contribution in [0.3, 0.4) is 0 Å². The fourth-order valence-corrected chi connectivity index (χ4v) is 8.28. The van der Waals surface area contributed by atoms with E-state index < -0.39 is 86.8 Å². The van der Waals surface area contributed by atoms with Gasteiger partial charge in [-0.1, -0.05) is 164 Å². The number of hydrogen-bond donors (Lipinski definition) is 9. The minimum absolute atomic E-state index is 0.251. The van der Waals surface area contributed by atoms with Crippen LogP contribution in [0.25, 0.3) is 0 Å². The van der Waals surface area contributed by atoms with Crippen molar-refractivity contribution in [3.05, 3.63) is 60.8 Å². The number of carbonyl (C=O) groups excluding carboxylic acids is 1. The van der Waals surface area contributed by atoms with Crippen LogP contribution < -0.4 is 5.32 Å². The molecule has 0 aromatic carbocycles. The van der Waals surface area contributed by atoms with Gasteiger partial charge in [0.05, 0.1) is 32.0 Å². The molecule has 394 valence electrons. The number of amides is 1. The molecule has 0 aromatic heterocycles. The first-order valence-electron chi connectivity index (χ1n) is 26.5. The summed E-state index contributed by atoms with van der Waals surface area (Å²) in [6, 6.07) is -0.946. The van der Waals surface area contributed by atoms with Gasteiger partial charge in [-0.15, -0.1) is 0 Å². The third-order valence-corrected chi connectivity index (χ3v) is 12.7.